The van der Waals surface area contributed by atoms with E-state index in [0.717, 1.165) is 10.8 Å². The van der Waals surface area contributed by atoms with E-state index in [9.17, 15) is 33.7 Å². The van der Waals surface area contributed by atoms with Gasteiger partial charge in [0.25, 0.3) is 5.56 Å². The molecule has 3 unspecified atom stereocenters. The predicted molar refractivity (Wildman–Crippen MR) is 96.3 cm³/mol. The zero-order chi connectivity index (χ0) is 22.8. The third-order valence-electron chi connectivity index (χ3n) is 4.19. The van der Waals surface area contributed by atoms with Gasteiger partial charge in [-0.15, -0.1) is 0 Å². The second-order valence-electron chi connectivity index (χ2n) is 6.59. The van der Waals surface area contributed by atoms with Crippen molar-refractivity contribution in [2.75, 3.05) is 13.1 Å². The minimum atomic E-state index is -4.59. The summed E-state index contributed by atoms with van der Waals surface area (Å²) < 4.78 is 22.8. The van der Waals surface area contributed by atoms with Gasteiger partial charge in [0.15, 0.2) is 6.23 Å². The van der Waals surface area contributed by atoms with Gasteiger partial charge >= 0.3 is 25.4 Å². The Balaban J connectivity index is 2.38. The van der Waals surface area contributed by atoms with Gasteiger partial charge in [-0.3, -0.25) is 33.4 Å². The lowest BCUT2D eigenvalue weighted by Crippen LogP contribution is -2.48. The maximum absolute atomic E-state index is 12.2. The SMILES string of the molecule is Cc1cn([C@@H]2O[C@H](C(O)N(CC(=O)O)CC(=O)O)CC2OP(N)(=O)O)c(=O)[nH]c1=O. The molecule has 0 aliphatic carbocycles. The van der Waals surface area contributed by atoms with Crippen LogP contribution in [0.1, 0.15) is 18.2 Å². The van der Waals surface area contributed by atoms with Crippen LogP contribution in [0.15, 0.2) is 15.8 Å². The number of aliphatic carboxylic acids is 2. The first-order valence-corrected chi connectivity index (χ1v) is 10.1. The van der Waals surface area contributed by atoms with Crippen LogP contribution in [0.5, 0.6) is 0 Å². The Kier molecular flexibility index (Phi) is 7.31. The van der Waals surface area contributed by atoms with Gasteiger partial charge in [0.1, 0.15) is 18.4 Å². The van der Waals surface area contributed by atoms with Crippen LogP contribution in [0, 0.1) is 6.92 Å². The summed E-state index contributed by atoms with van der Waals surface area (Å²) in [7, 11) is -4.59. The van der Waals surface area contributed by atoms with Crippen molar-refractivity contribution in [3.63, 3.8) is 0 Å². The number of aromatic nitrogens is 2. The molecule has 2 rings (SSSR count). The Morgan fingerprint density at radius 2 is 1.97 bits per heavy atom. The summed E-state index contributed by atoms with van der Waals surface area (Å²) in [6, 6.07) is 0. The molecule has 1 fully saturated rings. The largest absolute Gasteiger partial charge is 0.480 e. The maximum atomic E-state index is 12.2. The minimum Gasteiger partial charge on any atom is -0.480 e. The minimum absolute atomic E-state index is 0.0965. The van der Waals surface area contributed by atoms with Crippen molar-refractivity contribution in [2.24, 2.45) is 5.50 Å². The Morgan fingerprint density at radius 1 is 1.40 bits per heavy atom. The van der Waals surface area contributed by atoms with Gasteiger partial charge in [-0.2, -0.15) is 0 Å². The number of ether oxygens (including phenoxy) is 1. The number of carbonyl (C=O) groups is 2. The molecule has 30 heavy (non-hydrogen) atoms. The highest BCUT2D eigenvalue weighted by Crippen LogP contribution is 2.42. The summed E-state index contributed by atoms with van der Waals surface area (Å²) in [5.41, 5.74) is 3.49. The molecule has 1 saturated heterocycles. The van der Waals surface area contributed by atoms with Gasteiger partial charge in [0.05, 0.1) is 13.1 Å². The number of aliphatic hydroxyl groups is 1. The van der Waals surface area contributed by atoms with Crippen molar-refractivity contribution in [1.82, 2.24) is 14.5 Å². The van der Waals surface area contributed by atoms with Crippen LogP contribution < -0.4 is 16.8 Å². The number of H-pyrrole nitrogens is 1. The highest BCUT2D eigenvalue weighted by Gasteiger charge is 2.45. The number of aromatic amines is 1. The average molecular weight is 452 g/mol. The Morgan fingerprint density at radius 3 is 2.47 bits per heavy atom. The van der Waals surface area contributed by atoms with Crippen molar-refractivity contribution < 1.29 is 43.6 Å². The fourth-order valence-corrected chi connectivity index (χ4v) is 3.57. The van der Waals surface area contributed by atoms with Crippen LogP contribution in [0.2, 0.25) is 0 Å². The second kappa shape index (κ2) is 9.18. The molecule has 5 atom stereocenters. The van der Waals surface area contributed by atoms with E-state index < -0.39 is 68.7 Å². The third-order valence-corrected chi connectivity index (χ3v) is 4.76. The van der Waals surface area contributed by atoms with E-state index in [1.807, 2.05) is 4.98 Å². The molecule has 0 radical (unpaired) electrons. The van der Waals surface area contributed by atoms with Gasteiger partial charge in [-0.05, 0) is 6.92 Å². The zero-order valence-electron chi connectivity index (χ0n) is 15.6. The van der Waals surface area contributed by atoms with E-state index in [1.54, 1.807) is 0 Å². The lowest BCUT2D eigenvalue weighted by Gasteiger charge is -2.28. The summed E-state index contributed by atoms with van der Waals surface area (Å²) in [6.07, 6.45) is -5.18. The first-order chi connectivity index (χ1) is 13.8. The van der Waals surface area contributed by atoms with Crippen molar-refractivity contribution >= 4 is 19.7 Å². The Labute approximate surface area is 167 Å². The summed E-state index contributed by atoms with van der Waals surface area (Å²) in [5, 5.41) is 28.3. The van der Waals surface area contributed by atoms with Gasteiger partial charge in [-0.25, -0.2) is 14.9 Å². The quantitative estimate of drug-likeness (QED) is 0.166. The number of nitrogens with two attached hydrogens (primary N) is 1. The molecule has 168 valence electrons. The fraction of sp³-hybridized carbons (Fsp3) is 0.571. The number of aryl methyl sites for hydroxylation is 1. The van der Waals surface area contributed by atoms with Crippen LogP contribution in [-0.4, -0.2) is 78.1 Å². The third kappa shape index (κ3) is 6.06. The topological polar surface area (TPSA) is 235 Å². The standard InChI is InChI=1S/C14H21N4O11P/c1-6-3-18(14(25)16-11(6)23)13-8(29-30(15,26)27)2-7(28-13)12(24)17(4-9(19)20)5-10(21)22/h3,7-8,12-13,24H,2,4-5H2,1H3,(H,19,20)(H,21,22)(H3,15,26,27)(H,16,23,25)/t7-,8?,12?,13+/m0/s1. The normalized spacial score (nSPS) is 24.5. The molecule has 0 amide bonds. The molecule has 1 aliphatic rings. The van der Waals surface area contributed by atoms with Crippen molar-refractivity contribution in [2.45, 2.75) is 38.0 Å². The van der Waals surface area contributed by atoms with Crippen molar-refractivity contribution in [1.29, 1.82) is 0 Å². The van der Waals surface area contributed by atoms with Crippen LogP contribution in [0.3, 0.4) is 0 Å². The highest BCUT2D eigenvalue weighted by molar-refractivity contribution is 7.50. The number of nitrogens with one attached hydrogen (secondary N) is 1. The molecule has 1 aliphatic heterocycles. The molecular formula is C14H21N4O11P. The molecule has 15 nitrogen and oxygen atoms in total. The second-order valence-corrected chi connectivity index (χ2v) is 7.93. The van der Waals surface area contributed by atoms with Gasteiger partial charge in [0, 0.05) is 18.2 Å². The molecule has 0 bridgehead atoms. The van der Waals surface area contributed by atoms with Gasteiger partial charge < -0.3 is 24.9 Å². The van der Waals surface area contributed by atoms with Crippen LogP contribution in [-0.2, 0) is 23.4 Å². The van der Waals surface area contributed by atoms with Crippen LogP contribution in [0.25, 0.3) is 0 Å². The Bertz CT molecular complexity index is 953. The maximum Gasteiger partial charge on any atom is 0.400 e. The van der Waals surface area contributed by atoms with Crippen molar-refractivity contribution in [3.05, 3.63) is 32.6 Å². The summed E-state index contributed by atoms with van der Waals surface area (Å²) in [5.74, 6) is -2.85. The van der Waals surface area contributed by atoms with E-state index in [1.165, 1.54) is 6.92 Å². The number of hydrogen-bond acceptors (Lipinski definition) is 9. The molecule has 16 heteroatoms. The molecule has 1 aromatic rings. The first kappa shape index (κ1) is 23.9. The number of nitrogens with zero attached hydrogens (tertiary/aromatic N) is 2. The number of rotatable bonds is 9. The van der Waals surface area contributed by atoms with E-state index in [2.05, 4.69) is 0 Å². The number of aliphatic hydroxyl groups excluding tert-OH is 1. The lowest BCUT2D eigenvalue weighted by atomic mass is 10.1. The lowest BCUT2D eigenvalue weighted by molar-refractivity contribution is -0.158. The number of carboxylic acids is 2. The molecule has 0 spiro atoms. The molecule has 2 heterocycles. The zero-order valence-corrected chi connectivity index (χ0v) is 16.5. The summed E-state index contributed by atoms with van der Waals surface area (Å²) in [4.78, 5) is 57.8. The van der Waals surface area contributed by atoms with Gasteiger partial charge in [0.2, 0.25) is 0 Å². The highest BCUT2D eigenvalue weighted by atomic mass is 31.2. The Hall–Kier alpha value is -2.39. The summed E-state index contributed by atoms with van der Waals surface area (Å²) in [6.45, 7) is -0.319. The van der Waals surface area contributed by atoms with E-state index >= 15 is 0 Å². The first-order valence-electron chi connectivity index (χ1n) is 8.41. The van der Waals surface area contributed by atoms with Crippen LogP contribution >= 0.6 is 7.75 Å². The van der Waals surface area contributed by atoms with E-state index in [4.69, 9.17) is 25.0 Å². The molecule has 0 saturated carbocycles. The van der Waals surface area contributed by atoms with E-state index in [0.29, 0.717) is 4.90 Å². The number of carboxylic acid groups (broad SMARTS) is 2. The fourth-order valence-electron chi connectivity index (χ4n) is 2.99. The van der Waals surface area contributed by atoms with Crippen LogP contribution in [0.4, 0.5) is 0 Å². The monoisotopic (exact) mass is 452 g/mol. The number of hydrogen-bond donors (Lipinski definition) is 6. The predicted octanol–water partition coefficient (Wildman–Crippen LogP) is -2.63. The average Bonchev–Trinajstić information content (AvgIpc) is 2.97. The smallest absolute Gasteiger partial charge is 0.400 e. The van der Waals surface area contributed by atoms with Gasteiger partial charge in [-0.1, -0.05) is 0 Å². The summed E-state index contributed by atoms with van der Waals surface area (Å²) >= 11 is 0. The molecular weight excluding hydrogens is 431 g/mol. The van der Waals surface area contributed by atoms with E-state index in [-0.39, 0.29) is 12.0 Å². The molecule has 0 aromatic carbocycles. The van der Waals surface area contributed by atoms with Crippen molar-refractivity contribution in [3.8, 4) is 0 Å². The molecule has 1 aromatic heterocycles. The molecule has 7 N–H and O–H groups in total.